The molecule has 3 heterocycles. The summed E-state index contributed by atoms with van der Waals surface area (Å²) in [6.07, 6.45) is 4.54. The number of rotatable bonds is 2. The zero-order valence-corrected chi connectivity index (χ0v) is 13.3. The van der Waals surface area contributed by atoms with Crippen LogP contribution in [0.5, 0.6) is 0 Å². The Morgan fingerprint density at radius 3 is 2.25 bits per heavy atom. The predicted octanol–water partition coefficient (Wildman–Crippen LogP) is 0.0221. The lowest BCUT2D eigenvalue weighted by atomic mass is 10.1. The van der Waals surface area contributed by atoms with Crippen molar-refractivity contribution >= 4 is 23.4 Å². The van der Waals surface area contributed by atoms with Crippen molar-refractivity contribution < 1.29 is 14.4 Å². The third-order valence-corrected chi connectivity index (χ3v) is 4.15. The molecule has 0 atom stereocenters. The second-order valence-electron chi connectivity index (χ2n) is 5.77. The van der Waals surface area contributed by atoms with Crippen molar-refractivity contribution in [1.82, 2.24) is 20.2 Å². The molecule has 8 heteroatoms. The van der Waals surface area contributed by atoms with Crippen molar-refractivity contribution in [1.29, 1.82) is 0 Å². The lowest BCUT2D eigenvalue weighted by Crippen LogP contribution is -2.42. The SMILES string of the molecule is O=C1CCC(C(=O)N2CCCN(C(=O)c3ccncc3)CC2)=NN1. The Hall–Kier alpha value is -2.77. The second-order valence-corrected chi connectivity index (χ2v) is 5.77. The van der Waals surface area contributed by atoms with Crippen molar-refractivity contribution in [2.45, 2.75) is 19.3 Å². The molecule has 0 unspecified atom stereocenters. The normalized spacial score (nSPS) is 18.5. The van der Waals surface area contributed by atoms with Crippen molar-refractivity contribution in [3.63, 3.8) is 0 Å². The molecule has 8 nitrogen and oxygen atoms in total. The van der Waals surface area contributed by atoms with E-state index in [1.807, 2.05) is 0 Å². The zero-order valence-electron chi connectivity index (χ0n) is 13.3. The van der Waals surface area contributed by atoms with Crippen LogP contribution in [0.1, 0.15) is 29.6 Å². The molecule has 1 saturated heterocycles. The molecule has 0 aliphatic carbocycles. The molecule has 3 amide bonds. The summed E-state index contributed by atoms with van der Waals surface area (Å²) in [5, 5.41) is 3.86. The van der Waals surface area contributed by atoms with Gasteiger partial charge in [-0.05, 0) is 18.6 Å². The van der Waals surface area contributed by atoms with Crippen LogP contribution in [0, 0.1) is 0 Å². The summed E-state index contributed by atoms with van der Waals surface area (Å²) < 4.78 is 0. The standard InChI is InChI=1S/C16H19N5O3/c22-14-3-2-13(18-19-14)16(24)21-9-1-8-20(10-11-21)15(23)12-4-6-17-7-5-12/h4-7H,1-3,8-11H2,(H,19,22). The summed E-state index contributed by atoms with van der Waals surface area (Å²) in [4.78, 5) is 43.5. The first-order valence-corrected chi connectivity index (χ1v) is 7.99. The monoisotopic (exact) mass is 329 g/mol. The van der Waals surface area contributed by atoms with E-state index < -0.39 is 0 Å². The minimum atomic E-state index is -0.170. The average molecular weight is 329 g/mol. The van der Waals surface area contributed by atoms with E-state index in [2.05, 4.69) is 15.5 Å². The van der Waals surface area contributed by atoms with Gasteiger partial charge in [-0.25, -0.2) is 5.43 Å². The molecule has 0 radical (unpaired) electrons. The van der Waals surface area contributed by atoms with Crippen LogP contribution in [0.3, 0.4) is 0 Å². The van der Waals surface area contributed by atoms with Crippen molar-refractivity contribution in [2.24, 2.45) is 5.10 Å². The van der Waals surface area contributed by atoms with Gasteiger partial charge in [0.25, 0.3) is 11.8 Å². The molecule has 1 aromatic rings. The molecule has 0 saturated carbocycles. The van der Waals surface area contributed by atoms with Crippen LogP contribution >= 0.6 is 0 Å². The maximum absolute atomic E-state index is 12.5. The number of aromatic nitrogens is 1. The highest BCUT2D eigenvalue weighted by Gasteiger charge is 2.27. The number of carbonyl (C=O) groups excluding carboxylic acids is 3. The quantitative estimate of drug-likeness (QED) is 0.827. The summed E-state index contributed by atoms with van der Waals surface area (Å²) in [7, 11) is 0. The van der Waals surface area contributed by atoms with Gasteiger partial charge in [0.05, 0.1) is 0 Å². The highest BCUT2D eigenvalue weighted by atomic mass is 16.2. The number of amides is 3. The fraction of sp³-hybridized carbons (Fsp3) is 0.438. The van der Waals surface area contributed by atoms with Crippen LogP contribution in [0.15, 0.2) is 29.6 Å². The van der Waals surface area contributed by atoms with Gasteiger partial charge in [0, 0.05) is 57.0 Å². The lowest BCUT2D eigenvalue weighted by molar-refractivity contribution is -0.124. The van der Waals surface area contributed by atoms with Gasteiger partial charge >= 0.3 is 0 Å². The van der Waals surface area contributed by atoms with Crippen LogP contribution in [0.25, 0.3) is 0 Å². The number of hydrazone groups is 1. The summed E-state index contributed by atoms with van der Waals surface area (Å²) in [5.74, 6) is -0.376. The Morgan fingerprint density at radius 1 is 0.958 bits per heavy atom. The lowest BCUT2D eigenvalue weighted by Gasteiger charge is -2.23. The van der Waals surface area contributed by atoms with E-state index >= 15 is 0 Å². The minimum Gasteiger partial charge on any atom is -0.337 e. The molecule has 0 spiro atoms. The molecule has 24 heavy (non-hydrogen) atoms. The Kier molecular flexibility index (Phi) is 4.83. The third kappa shape index (κ3) is 3.58. The number of hydrogen-bond donors (Lipinski definition) is 1. The number of nitrogens with one attached hydrogen (secondary N) is 1. The molecule has 2 aliphatic heterocycles. The molecule has 1 N–H and O–H groups in total. The first-order valence-electron chi connectivity index (χ1n) is 7.99. The van der Waals surface area contributed by atoms with E-state index in [0.717, 1.165) is 0 Å². The van der Waals surface area contributed by atoms with E-state index in [-0.39, 0.29) is 24.1 Å². The van der Waals surface area contributed by atoms with Crippen LogP contribution in [-0.4, -0.2) is 64.4 Å². The Balaban J connectivity index is 1.62. The summed E-state index contributed by atoms with van der Waals surface area (Å²) in [6, 6.07) is 3.38. The predicted molar refractivity (Wildman–Crippen MR) is 86.1 cm³/mol. The van der Waals surface area contributed by atoms with E-state index in [0.29, 0.717) is 50.3 Å². The van der Waals surface area contributed by atoms with Crippen LogP contribution in [0.2, 0.25) is 0 Å². The molecule has 0 bridgehead atoms. The van der Waals surface area contributed by atoms with Crippen LogP contribution < -0.4 is 5.43 Å². The largest absolute Gasteiger partial charge is 0.337 e. The first-order chi connectivity index (χ1) is 11.6. The minimum absolute atomic E-state index is 0.0473. The highest BCUT2D eigenvalue weighted by molar-refractivity contribution is 6.39. The van der Waals surface area contributed by atoms with E-state index in [1.165, 1.54) is 0 Å². The number of nitrogens with zero attached hydrogens (tertiary/aromatic N) is 4. The number of pyridine rings is 1. The highest BCUT2D eigenvalue weighted by Crippen LogP contribution is 2.11. The van der Waals surface area contributed by atoms with E-state index in [1.54, 1.807) is 34.3 Å². The molecular formula is C16H19N5O3. The first kappa shape index (κ1) is 16.1. The summed E-state index contributed by atoms with van der Waals surface area (Å²) in [5.41, 5.74) is 3.33. The number of hydrogen-bond acceptors (Lipinski definition) is 5. The van der Waals surface area contributed by atoms with Gasteiger partial charge in [0.15, 0.2) is 0 Å². The number of carbonyl (C=O) groups is 3. The maximum Gasteiger partial charge on any atom is 0.270 e. The molecule has 2 aliphatic rings. The molecule has 1 fully saturated rings. The molecule has 0 aromatic carbocycles. The average Bonchev–Trinajstić information content (AvgIpc) is 2.88. The topological polar surface area (TPSA) is 95.0 Å². The fourth-order valence-corrected chi connectivity index (χ4v) is 2.81. The van der Waals surface area contributed by atoms with Gasteiger partial charge in [-0.3, -0.25) is 19.4 Å². The Morgan fingerprint density at radius 2 is 1.62 bits per heavy atom. The van der Waals surface area contributed by atoms with Crippen LogP contribution in [-0.2, 0) is 9.59 Å². The van der Waals surface area contributed by atoms with Gasteiger partial charge in [0.1, 0.15) is 5.71 Å². The van der Waals surface area contributed by atoms with Crippen molar-refractivity contribution in [3.8, 4) is 0 Å². The fourth-order valence-electron chi connectivity index (χ4n) is 2.81. The maximum atomic E-state index is 12.5. The van der Waals surface area contributed by atoms with Crippen molar-refractivity contribution in [2.75, 3.05) is 26.2 Å². The van der Waals surface area contributed by atoms with E-state index in [9.17, 15) is 14.4 Å². The third-order valence-electron chi connectivity index (χ3n) is 4.15. The summed E-state index contributed by atoms with van der Waals surface area (Å²) in [6.45, 7) is 2.12. The summed E-state index contributed by atoms with van der Waals surface area (Å²) >= 11 is 0. The smallest absolute Gasteiger partial charge is 0.270 e. The van der Waals surface area contributed by atoms with Gasteiger partial charge in [-0.15, -0.1) is 0 Å². The van der Waals surface area contributed by atoms with Gasteiger partial charge in [-0.1, -0.05) is 0 Å². The second kappa shape index (κ2) is 7.20. The van der Waals surface area contributed by atoms with Gasteiger partial charge in [0.2, 0.25) is 5.91 Å². The molecule has 1 aromatic heterocycles. The Labute approximate surface area is 139 Å². The van der Waals surface area contributed by atoms with Gasteiger partial charge < -0.3 is 9.80 Å². The zero-order chi connectivity index (χ0) is 16.9. The molecule has 3 rings (SSSR count). The molecule has 126 valence electrons. The molecular weight excluding hydrogens is 310 g/mol. The van der Waals surface area contributed by atoms with Crippen LogP contribution in [0.4, 0.5) is 0 Å². The van der Waals surface area contributed by atoms with E-state index in [4.69, 9.17) is 0 Å². The Bertz CT molecular complexity index is 674. The van der Waals surface area contributed by atoms with Crippen molar-refractivity contribution in [3.05, 3.63) is 30.1 Å². The van der Waals surface area contributed by atoms with Gasteiger partial charge in [-0.2, -0.15) is 5.10 Å².